The lowest BCUT2D eigenvalue weighted by Gasteiger charge is -2.25. The van der Waals surface area contributed by atoms with Crippen molar-refractivity contribution in [3.63, 3.8) is 0 Å². The summed E-state index contributed by atoms with van der Waals surface area (Å²) in [6, 6.07) is -4.58. The Morgan fingerprint density at radius 1 is 0.816 bits per heavy atom. The van der Waals surface area contributed by atoms with E-state index in [9.17, 15) is 29.1 Å². The number of carbonyl (C=O) groups is 5. The quantitative estimate of drug-likeness (QED) is 0.0404. The second-order valence-electron chi connectivity index (χ2n) is 8.58. The van der Waals surface area contributed by atoms with Crippen molar-refractivity contribution in [3.8, 4) is 0 Å². The van der Waals surface area contributed by atoms with Crippen molar-refractivity contribution in [2.24, 2.45) is 27.9 Å². The number of unbranched alkanes of at least 4 members (excludes halogenated alkanes) is 1. The molecule has 38 heavy (non-hydrogen) atoms. The third kappa shape index (κ3) is 15.9. The highest BCUT2D eigenvalue weighted by Crippen LogP contribution is 2.07. The highest BCUT2D eigenvalue weighted by molar-refractivity contribution is 7.98. The second-order valence-corrected chi connectivity index (χ2v) is 9.56. The van der Waals surface area contributed by atoms with Gasteiger partial charge in [0.15, 0.2) is 5.96 Å². The lowest BCUT2D eigenvalue weighted by atomic mass is 10.0. The number of nitrogens with two attached hydrogens (primary N) is 4. The molecule has 16 heteroatoms. The Morgan fingerprint density at radius 3 is 1.92 bits per heavy atom. The molecule has 0 aromatic rings. The first kappa shape index (κ1) is 34.9. The van der Waals surface area contributed by atoms with Gasteiger partial charge in [-0.2, -0.15) is 11.8 Å². The zero-order valence-corrected chi connectivity index (χ0v) is 22.5. The minimum absolute atomic E-state index is 0.0833. The molecule has 0 rings (SSSR count). The average Bonchev–Trinajstić information content (AvgIpc) is 2.85. The number of guanidine groups is 1. The number of nitrogens with zero attached hydrogens (tertiary/aromatic N) is 1. The van der Waals surface area contributed by atoms with Gasteiger partial charge in [0.05, 0.1) is 6.04 Å². The lowest BCUT2D eigenvalue weighted by Crippen LogP contribution is -2.57. The van der Waals surface area contributed by atoms with Gasteiger partial charge < -0.3 is 49.1 Å². The van der Waals surface area contributed by atoms with Gasteiger partial charge in [-0.05, 0) is 63.5 Å². The molecule has 13 N–H and O–H groups in total. The first-order valence-electron chi connectivity index (χ1n) is 12.3. The zero-order chi connectivity index (χ0) is 29.1. The molecule has 218 valence electrons. The van der Waals surface area contributed by atoms with Crippen molar-refractivity contribution in [3.05, 3.63) is 0 Å². The van der Waals surface area contributed by atoms with Crippen LogP contribution in [0.5, 0.6) is 0 Å². The molecule has 4 atom stereocenters. The molecule has 0 aromatic heterocycles. The highest BCUT2D eigenvalue weighted by atomic mass is 32.2. The van der Waals surface area contributed by atoms with E-state index in [0.717, 1.165) is 0 Å². The number of carboxylic acid groups (broad SMARTS) is 2. The van der Waals surface area contributed by atoms with Gasteiger partial charge in [-0.3, -0.25) is 24.2 Å². The summed E-state index contributed by atoms with van der Waals surface area (Å²) in [5.41, 5.74) is 22.0. The summed E-state index contributed by atoms with van der Waals surface area (Å²) in [4.78, 5) is 65.0. The van der Waals surface area contributed by atoms with Crippen molar-refractivity contribution in [1.82, 2.24) is 16.0 Å². The van der Waals surface area contributed by atoms with E-state index in [1.54, 1.807) is 6.26 Å². The molecule has 0 radical (unpaired) electrons. The first-order chi connectivity index (χ1) is 17.9. The number of rotatable bonds is 21. The minimum Gasteiger partial charge on any atom is -0.481 e. The predicted molar refractivity (Wildman–Crippen MR) is 144 cm³/mol. The molecule has 0 bridgehead atoms. The number of hydrogen-bond acceptors (Lipinski definition) is 9. The first-order valence-corrected chi connectivity index (χ1v) is 13.7. The third-order valence-electron chi connectivity index (χ3n) is 5.39. The van der Waals surface area contributed by atoms with Gasteiger partial charge >= 0.3 is 11.9 Å². The highest BCUT2D eigenvalue weighted by Gasteiger charge is 2.30. The fraction of sp³-hybridized carbons (Fsp3) is 0.727. The Balaban J connectivity index is 5.48. The maximum Gasteiger partial charge on any atom is 0.326 e. The Hall–Kier alpha value is -3.11. The van der Waals surface area contributed by atoms with Gasteiger partial charge in [0, 0.05) is 13.0 Å². The maximum atomic E-state index is 13.1. The van der Waals surface area contributed by atoms with Gasteiger partial charge in [-0.15, -0.1) is 0 Å². The minimum atomic E-state index is -1.34. The Kier molecular flexibility index (Phi) is 18.3. The molecule has 0 spiro atoms. The van der Waals surface area contributed by atoms with Gasteiger partial charge in [0.2, 0.25) is 17.7 Å². The van der Waals surface area contributed by atoms with E-state index in [1.807, 2.05) is 0 Å². The zero-order valence-electron chi connectivity index (χ0n) is 21.7. The number of amides is 3. The van der Waals surface area contributed by atoms with Crippen LogP contribution in [-0.4, -0.2) is 95.1 Å². The number of hydrogen-bond donors (Lipinski definition) is 9. The molecule has 0 aliphatic rings. The van der Waals surface area contributed by atoms with Crippen molar-refractivity contribution in [2.45, 2.75) is 75.5 Å². The van der Waals surface area contributed by atoms with Crippen LogP contribution >= 0.6 is 11.8 Å². The van der Waals surface area contributed by atoms with Gasteiger partial charge in [-0.25, -0.2) is 4.79 Å². The average molecular weight is 563 g/mol. The van der Waals surface area contributed by atoms with Crippen molar-refractivity contribution >= 4 is 47.4 Å². The summed E-state index contributed by atoms with van der Waals surface area (Å²) in [7, 11) is 0. The van der Waals surface area contributed by atoms with E-state index in [4.69, 9.17) is 28.0 Å². The molecular formula is C22H42N8O7S. The molecule has 15 nitrogen and oxygen atoms in total. The summed E-state index contributed by atoms with van der Waals surface area (Å²) in [6.07, 6.45) is 3.10. The summed E-state index contributed by atoms with van der Waals surface area (Å²) >= 11 is 1.40. The molecule has 0 fully saturated rings. The normalized spacial score (nSPS) is 13.9. The molecule has 0 heterocycles. The standard InChI is InChI=1S/C22H42N8O7S/c1-38-12-9-16(21(36)37)30-20(35)15(7-8-17(31)32)29-19(34)14(6-2-3-10-23)28-18(33)13(24)5-4-11-27-22(25)26/h13-16H,2-12,23-24H2,1H3,(H,28,33)(H,29,34)(H,30,35)(H,31,32)(H,36,37)(H4,25,26,27). The van der Waals surface area contributed by atoms with Crippen LogP contribution in [0.15, 0.2) is 4.99 Å². The Bertz CT molecular complexity index is 811. The molecule has 0 aliphatic carbocycles. The van der Waals surface area contributed by atoms with Gasteiger partial charge in [0.1, 0.15) is 18.1 Å². The molecule has 3 amide bonds. The van der Waals surface area contributed by atoms with E-state index in [0.29, 0.717) is 31.6 Å². The molecule has 4 unspecified atom stereocenters. The molecular weight excluding hydrogens is 520 g/mol. The third-order valence-corrected chi connectivity index (χ3v) is 6.03. The van der Waals surface area contributed by atoms with Crippen LogP contribution in [0.2, 0.25) is 0 Å². The van der Waals surface area contributed by atoms with Crippen molar-refractivity contribution in [2.75, 3.05) is 25.1 Å². The van der Waals surface area contributed by atoms with Crippen LogP contribution in [0.3, 0.4) is 0 Å². The molecule has 0 aliphatic heterocycles. The second kappa shape index (κ2) is 19.9. The molecule has 0 saturated carbocycles. The van der Waals surface area contributed by atoms with Gasteiger partial charge in [-0.1, -0.05) is 0 Å². The van der Waals surface area contributed by atoms with Crippen LogP contribution in [-0.2, 0) is 24.0 Å². The van der Waals surface area contributed by atoms with Crippen LogP contribution in [0.25, 0.3) is 0 Å². The van der Waals surface area contributed by atoms with E-state index in [1.165, 1.54) is 11.8 Å². The maximum absolute atomic E-state index is 13.1. The lowest BCUT2D eigenvalue weighted by molar-refractivity contribution is -0.143. The van der Waals surface area contributed by atoms with E-state index in [2.05, 4.69) is 20.9 Å². The predicted octanol–water partition coefficient (Wildman–Crippen LogP) is -2.35. The van der Waals surface area contributed by atoms with E-state index >= 15 is 0 Å². The number of aliphatic carboxylic acids is 2. The largest absolute Gasteiger partial charge is 0.481 e. The van der Waals surface area contributed by atoms with E-state index < -0.39 is 60.2 Å². The van der Waals surface area contributed by atoms with Crippen LogP contribution in [0, 0.1) is 0 Å². The molecule has 0 saturated heterocycles. The summed E-state index contributed by atoms with van der Waals surface area (Å²) in [5, 5.41) is 25.9. The topological polar surface area (TPSA) is 278 Å². The Morgan fingerprint density at radius 2 is 1.39 bits per heavy atom. The molecule has 0 aromatic carbocycles. The van der Waals surface area contributed by atoms with Crippen LogP contribution in [0.1, 0.15) is 51.4 Å². The summed E-state index contributed by atoms with van der Waals surface area (Å²) in [6.45, 7) is 0.640. The summed E-state index contributed by atoms with van der Waals surface area (Å²) < 4.78 is 0. The number of aliphatic imine (C=N–C) groups is 1. The van der Waals surface area contributed by atoms with Gasteiger partial charge in [0.25, 0.3) is 0 Å². The number of thioether (sulfide) groups is 1. The fourth-order valence-electron chi connectivity index (χ4n) is 3.27. The Labute approximate surface area is 226 Å². The van der Waals surface area contributed by atoms with Crippen molar-refractivity contribution in [1.29, 1.82) is 0 Å². The number of carbonyl (C=O) groups excluding carboxylic acids is 3. The van der Waals surface area contributed by atoms with Crippen LogP contribution in [0.4, 0.5) is 0 Å². The number of carboxylic acids is 2. The van der Waals surface area contributed by atoms with E-state index in [-0.39, 0.29) is 38.2 Å². The smallest absolute Gasteiger partial charge is 0.326 e. The fourth-order valence-corrected chi connectivity index (χ4v) is 3.74. The SMILES string of the molecule is CSCCC(NC(=O)C(CCC(=O)O)NC(=O)C(CCCCN)NC(=O)C(N)CCCN=C(N)N)C(=O)O. The number of nitrogens with one attached hydrogen (secondary N) is 3. The van der Waals surface area contributed by atoms with Crippen LogP contribution < -0.4 is 38.9 Å². The van der Waals surface area contributed by atoms with Crippen molar-refractivity contribution < 1.29 is 34.2 Å². The summed E-state index contributed by atoms with van der Waals surface area (Å²) in [5.74, 6) is -4.24. The monoisotopic (exact) mass is 562 g/mol.